The minimum absolute atomic E-state index is 0.153. The fraction of sp³-hybridized carbons (Fsp3) is 0.188. The van der Waals surface area contributed by atoms with Gasteiger partial charge in [-0.2, -0.15) is 0 Å². The molecule has 7 heteroatoms. The average Bonchev–Trinajstić information content (AvgIpc) is 3.45. The fourth-order valence-corrected chi connectivity index (χ4v) is 6.37. The number of amides is 1. The van der Waals surface area contributed by atoms with Crippen molar-refractivity contribution < 1.29 is 14.3 Å². The van der Waals surface area contributed by atoms with Gasteiger partial charge < -0.3 is 10.1 Å². The first-order valence-corrected chi connectivity index (χ1v) is 13.6. The molecule has 4 aromatic rings. The van der Waals surface area contributed by atoms with Crippen molar-refractivity contribution in [1.82, 2.24) is 5.32 Å². The van der Waals surface area contributed by atoms with Crippen molar-refractivity contribution in [2.45, 2.75) is 24.4 Å². The minimum atomic E-state index is -1.35. The normalized spacial score (nSPS) is 23.5. The van der Waals surface area contributed by atoms with Crippen LogP contribution < -0.4 is 15.4 Å². The number of benzene rings is 4. The topological polar surface area (TPSA) is 67.4 Å². The lowest BCUT2D eigenvalue weighted by atomic mass is 9.69. The van der Waals surface area contributed by atoms with Crippen LogP contribution in [0.15, 0.2) is 97.1 Å². The summed E-state index contributed by atoms with van der Waals surface area (Å²) >= 11 is 12.6. The average molecular weight is 557 g/mol. The Balaban J connectivity index is 1.60. The number of fused-ring (bicyclic) bond motifs is 2. The molecule has 0 bridgehead atoms. The maximum absolute atomic E-state index is 14.6. The molecule has 4 aromatic carbocycles. The Hall–Kier alpha value is -3.64. The summed E-state index contributed by atoms with van der Waals surface area (Å²) < 4.78 is 5.69. The van der Waals surface area contributed by atoms with E-state index >= 15 is 0 Å². The van der Waals surface area contributed by atoms with Gasteiger partial charge in [-0.25, -0.2) is 0 Å². The van der Waals surface area contributed by atoms with Crippen molar-refractivity contribution in [2.75, 3.05) is 11.9 Å². The zero-order chi connectivity index (χ0) is 27.1. The van der Waals surface area contributed by atoms with Crippen molar-refractivity contribution in [3.05, 3.63) is 129 Å². The summed E-state index contributed by atoms with van der Waals surface area (Å²) in [6, 6.07) is 29.5. The number of halogens is 2. The standard InChI is InChI=1S/C32H26Cl2N2O3/c1-2-39-24-15-10-19(11-16-24)27-28(30(37)21-8-12-22(33)13-9-21)32(36-29(27)20-6-4-3-5-7-20)25-18-23(34)14-17-26(25)35-31(32)38/h3-18,27-29,36H,2H2,1H3,(H,35,38)/t27-,28?,29+,32?/m0/s1. The summed E-state index contributed by atoms with van der Waals surface area (Å²) in [5.41, 5.74) is 2.35. The minimum Gasteiger partial charge on any atom is -0.494 e. The number of hydrogen-bond donors (Lipinski definition) is 2. The van der Waals surface area contributed by atoms with Gasteiger partial charge in [0.1, 0.15) is 11.3 Å². The summed E-state index contributed by atoms with van der Waals surface area (Å²) in [6.45, 7) is 2.49. The highest BCUT2D eigenvalue weighted by Crippen LogP contribution is 2.57. The largest absolute Gasteiger partial charge is 0.494 e. The van der Waals surface area contributed by atoms with Crippen molar-refractivity contribution in [3.63, 3.8) is 0 Å². The molecule has 2 aliphatic rings. The Labute approximate surface area is 237 Å². The number of ether oxygens (including phenoxy) is 1. The Morgan fingerprint density at radius 1 is 0.872 bits per heavy atom. The van der Waals surface area contributed by atoms with Gasteiger partial charge in [0.05, 0.1) is 12.5 Å². The van der Waals surface area contributed by atoms with Gasteiger partial charge in [0, 0.05) is 38.8 Å². The summed E-state index contributed by atoms with van der Waals surface area (Å²) in [6.07, 6.45) is 0. The van der Waals surface area contributed by atoms with E-state index < -0.39 is 11.5 Å². The number of rotatable bonds is 6. The van der Waals surface area contributed by atoms with E-state index in [0.29, 0.717) is 33.5 Å². The zero-order valence-corrected chi connectivity index (χ0v) is 22.7. The summed E-state index contributed by atoms with van der Waals surface area (Å²) in [5, 5.41) is 7.71. The van der Waals surface area contributed by atoms with Crippen LogP contribution >= 0.6 is 23.2 Å². The van der Waals surface area contributed by atoms with Crippen LogP contribution in [0.3, 0.4) is 0 Å². The molecule has 1 spiro atoms. The van der Waals surface area contributed by atoms with E-state index in [-0.39, 0.29) is 23.7 Å². The zero-order valence-electron chi connectivity index (χ0n) is 21.2. The molecule has 4 atom stereocenters. The number of hydrogen-bond acceptors (Lipinski definition) is 4. The van der Waals surface area contributed by atoms with E-state index in [2.05, 4.69) is 10.6 Å². The number of nitrogens with one attached hydrogen (secondary N) is 2. The van der Waals surface area contributed by atoms with Gasteiger partial charge in [-0.3, -0.25) is 14.9 Å². The van der Waals surface area contributed by atoms with Crippen molar-refractivity contribution in [3.8, 4) is 5.75 Å². The Morgan fingerprint density at radius 3 is 2.26 bits per heavy atom. The predicted molar refractivity (Wildman–Crippen MR) is 154 cm³/mol. The van der Waals surface area contributed by atoms with Crippen molar-refractivity contribution in [2.24, 2.45) is 5.92 Å². The van der Waals surface area contributed by atoms with Crippen LogP contribution in [0, 0.1) is 5.92 Å². The third-order valence-corrected chi connectivity index (χ3v) is 8.21. The highest BCUT2D eigenvalue weighted by molar-refractivity contribution is 6.31. The Kier molecular flexibility index (Phi) is 6.67. The number of carbonyl (C=O) groups is 2. The van der Waals surface area contributed by atoms with Crippen LogP contribution in [0.5, 0.6) is 5.75 Å². The second-order valence-electron chi connectivity index (χ2n) is 9.86. The molecule has 0 aromatic heterocycles. The molecule has 39 heavy (non-hydrogen) atoms. The highest BCUT2D eigenvalue weighted by atomic mass is 35.5. The molecule has 2 unspecified atom stereocenters. The predicted octanol–water partition coefficient (Wildman–Crippen LogP) is 7.17. The van der Waals surface area contributed by atoms with Crippen molar-refractivity contribution in [1.29, 1.82) is 0 Å². The van der Waals surface area contributed by atoms with Gasteiger partial charge in [-0.15, -0.1) is 0 Å². The summed E-state index contributed by atoms with van der Waals surface area (Å²) in [7, 11) is 0. The lowest BCUT2D eigenvalue weighted by molar-refractivity contribution is -0.122. The quantitative estimate of drug-likeness (QED) is 0.247. The van der Waals surface area contributed by atoms with Crippen molar-refractivity contribution >= 4 is 40.6 Å². The second-order valence-corrected chi connectivity index (χ2v) is 10.7. The van der Waals surface area contributed by atoms with Gasteiger partial charge in [-0.05, 0) is 72.6 Å². The summed E-state index contributed by atoms with van der Waals surface area (Å²) in [4.78, 5) is 28.6. The number of carbonyl (C=O) groups excluding carboxylic acids is 2. The second kappa shape index (κ2) is 10.2. The first-order valence-electron chi connectivity index (χ1n) is 12.9. The van der Waals surface area contributed by atoms with Gasteiger partial charge in [0.15, 0.2) is 5.78 Å². The van der Waals surface area contributed by atoms with Gasteiger partial charge in [-0.1, -0.05) is 65.7 Å². The van der Waals surface area contributed by atoms with Gasteiger partial charge in [0.2, 0.25) is 5.91 Å². The van der Waals surface area contributed by atoms with Crippen LogP contribution in [0.2, 0.25) is 10.0 Å². The lowest BCUT2D eigenvalue weighted by Gasteiger charge is -2.31. The molecular formula is C32H26Cl2N2O3. The van der Waals surface area contributed by atoms with Crippen LogP contribution in [0.4, 0.5) is 5.69 Å². The van der Waals surface area contributed by atoms with E-state index in [1.165, 1.54) is 0 Å². The third-order valence-electron chi connectivity index (χ3n) is 7.73. The first-order chi connectivity index (χ1) is 18.9. The van der Waals surface area contributed by atoms with E-state index in [1.807, 2.05) is 61.5 Å². The maximum Gasteiger partial charge on any atom is 0.250 e. The van der Waals surface area contributed by atoms with E-state index in [9.17, 15) is 9.59 Å². The van der Waals surface area contributed by atoms with Gasteiger partial charge in [0.25, 0.3) is 0 Å². The summed E-state index contributed by atoms with van der Waals surface area (Å²) in [5.74, 6) is -0.862. The number of anilines is 1. The maximum atomic E-state index is 14.6. The molecule has 5 nitrogen and oxygen atoms in total. The molecule has 2 aliphatic heterocycles. The number of ketones is 1. The first kappa shape index (κ1) is 25.6. The van der Waals surface area contributed by atoms with E-state index in [0.717, 1.165) is 16.9 Å². The molecule has 1 amide bonds. The van der Waals surface area contributed by atoms with Crippen LogP contribution in [0.1, 0.15) is 45.9 Å². The molecule has 0 aliphatic carbocycles. The molecule has 0 radical (unpaired) electrons. The highest BCUT2D eigenvalue weighted by Gasteiger charge is 2.64. The van der Waals surface area contributed by atoms with Crippen LogP contribution in [-0.2, 0) is 10.3 Å². The lowest BCUT2D eigenvalue weighted by Crippen LogP contribution is -2.50. The molecule has 2 heterocycles. The molecule has 6 rings (SSSR count). The fourth-order valence-electron chi connectivity index (χ4n) is 6.08. The molecule has 1 fully saturated rings. The van der Waals surface area contributed by atoms with E-state index in [1.54, 1.807) is 42.5 Å². The molecule has 196 valence electrons. The SMILES string of the molecule is CCOc1ccc([C@H]2C(C(=O)c3ccc(Cl)cc3)C3(N[C@@H]2c2ccccc2)C(=O)Nc2ccc(Cl)cc23)cc1. The van der Waals surface area contributed by atoms with Crippen LogP contribution in [-0.4, -0.2) is 18.3 Å². The molecule has 0 saturated carbocycles. The monoisotopic (exact) mass is 556 g/mol. The van der Waals surface area contributed by atoms with Crippen LogP contribution in [0.25, 0.3) is 0 Å². The Bertz CT molecular complexity index is 1540. The van der Waals surface area contributed by atoms with E-state index in [4.69, 9.17) is 27.9 Å². The smallest absolute Gasteiger partial charge is 0.250 e. The third kappa shape index (κ3) is 4.31. The molecular weight excluding hydrogens is 531 g/mol. The van der Waals surface area contributed by atoms with Gasteiger partial charge >= 0.3 is 0 Å². The molecule has 2 N–H and O–H groups in total. The molecule has 1 saturated heterocycles. The Morgan fingerprint density at radius 2 is 1.56 bits per heavy atom. The number of Topliss-reactive ketones (excluding diaryl/α,β-unsaturated/α-hetero) is 1.